The van der Waals surface area contributed by atoms with E-state index in [9.17, 15) is 18.0 Å². The van der Waals surface area contributed by atoms with E-state index in [0.717, 1.165) is 10.9 Å². The maximum Gasteiger partial charge on any atom is 0.408 e. The Morgan fingerprint density at radius 3 is 2.76 bits per heavy atom. The van der Waals surface area contributed by atoms with E-state index in [1.807, 2.05) is 6.92 Å². The zero-order chi connectivity index (χ0) is 13.1. The lowest BCUT2D eigenvalue weighted by molar-refractivity contribution is -0.142. The summed E-state index contributed by atoms with van der Waals surface area (Å²) in [5.41, 5.74) is 0.277. The molecule has 1 aromatic heterocycles. The maximum atomic E-state index is 12.0. The van der Waals surface area contributed by atoms with Crippen LogP contribution in [0.2, 0.25) is 0 Å². The average molecular weight is 249 g/mol. The van der Waals surface area contributed by atoms with Crippen LogP contribution in [0.15, 0.2) is 12.4 Å². The maximum absolute atomic E-state index is 12.0. The highest BCUT2D eigenvalue weighted by Crippen LogP contribution is 2.18. The summed E-state index contributed by atoms with van der Waals surface area (Å²) in [7, 11) is 0. The topological polar surface area (TPSA) is 46.9 Å². The van der Waals surface area contributed by atoms with Crippen LogP contribution in [0.25, 0.3) is 0 Å². The van der Waals surface area contributed by atoms with Gasteiger partial charge in [0, 0.05) is 12.1 Å². The van der Waals surface area contributed by atoms with Crippen LogP contribution in [0.3, 0.4) is 0 Å². The number of hydrogen-bond acceptors (Lipinski definition) is 2. The molecule has 7 heteroatoms. The first-order chi connectivity index (χ1) is 7.81. The number of aromatic nitrogens is 2. The first-order valence-corrected chi connectivity index (χ1v) is 5.22. The summed E-state index contributed by atoms with van der Waals surface area (Å²) in [6.07, 6.45) is -1.29. The summed E-state index contributed by atoms with van der Waals surface area (Å²) in [5, 5.41) is 6.03. The average Bonchev–Trinajstić information content (AvgIpc) is 2.61. The van der Waals surface area contributed by atoms with E-state index in [2.05, 4.69) is 10.4 Å². The van der Waals surface area contributed by atoms with E-state index in [4.69, 9.17) is 0 Å². The fourth-order valence-corrected chi connectivity index (χ4v) is 1.15. The van der Waals surface area contributed by atoms with Gasteiger partial charge >= 0.3 is 6.18 Å². The van der Waals surface area contributed by atoms with Crippen molar-refractivity contribution in [2.75, 3.05) is 5.32 Å². The Morgan fingerprint density at radius 1 is 1.59 bits per heavy atom. The van der Waals surface area contributed by atoms with Gasteiger partial charge in [-0.15, -0.1) is 0 Å². The van der Waals surface area contributed by atoms with Crippen molar-refractivity contribution in [1.82, 2.24) is 9.78 Å². The van der Waals surface area contributed by atoms with Crippen LogP contribution in [-0.2, 0) is 11.3 Å². The van der Waals surface area contributed by atoms with Crippen molar-refractivity contribution >= 4 is 11.6 Å². The third kappa shape index (κ3) is 4.46. The predicted molar refractivity (Wildman–Crippen MR) is 56.4 cm³/mol. The summed E-state index contributed by atoms with van der Waals surface area (Å²) >= 11 is 0. The Hall–Kier alpha value is -1.53. The quantitative estimate of drug-likeness (QED) is 0.890. The Balaban J connectivity index is 2.60. The van der Waals surface area contributed by atoms with Gasteiger partial charge in [-0.1, -0.05) is 13.8 Å². The molecular weight excluding hydrogens is 235 g/mol. The number of carbonyl (C=O) groups excluding carboxylic acids is 1. The van der Waals surface area contributed by atoms with Gasteiger partial charge in [-0.25, -0.2) is 0 Å². The molecule has 0 aliphatic heterocycles. The standard InChI is InChI=1S/C10H14F3N3O/c1-3-7(2)9(17)15-8-4-14-16(5-8)6-10(11,12)13/h4-5,7H,3,6H2,1-2H3,(H,15,17). The molecule has 1 unspecified atom stereocenters. The number of halogens is 3. The highest BCUT2D eigenvalue weighted by molar-refractivity contribution is 5.91. The van der Waals surface area contributed by atoms with Gasteiger partial charge in [-0.05, 0) is 6.42 Å². The molecule has 4 nitrogen and oxygen atoms in total. The Morgan fingerprint density at radius 2 is 2.24 bits per heavy atom. The van der Waals surface area contributed by atoms with E-state index >= 15 is 0 Å². The van der Waals surface area contributed by atoms with Gasteiger partial charge in [0.1, 0.15) is 6.54 Å². The predicted octanol–water partition coefficient (Wildman–Crippen LogP) is 2.43. The summed E-state index contributed by atoms with van der Waals surface area (Å²) in [4.78, 5) is 11.5. The smallest absolute Gasteiger partial charge is 0.323 e. The van der Waals surface area contributed by atoms with Gasteiger partial charge in [0.05, 0.1) is 11.9 Å². The first-order valence-electron chi connectivity index (χ1n) is 5.22. The lowest BCUT2D eigenvalue weighted by atomic mass is 10.1. The molecule has 1 atom stereocenters. The molecule has 1 heterocycles. The number of hydrogen-bond donors (Lipinski definition) is 1. The SMILES string of the molecule is CCC(C)C(=O)Nc1cnn(CC(F)(F)F)c1. The highest BCUT2D eigenvalue weighted by atomic mass is 19.4. The second-order valence-electron chi connectivity index (χ2n) is 3.84. The molecule has 0 spiro atoms. The lowest BCUT2D eigenvalue weighted by Crippen LogP contribution is -2.19. The van der Waals surface area contributed by atoms with E-state index in [-0.39, 0.29) is 17.5 Å². The minimum atomic E-state index is -4.32. The van der Waals surface area contributed by atoms with Crippen LogP contribution >= 0.6 is 0 Å². The Labute approximate surface area is 96.8 Å². The lowest BCUT2D eigenvalue weighted by Gasteiger charge is -2.08. The molecule has 17 heavy (non-hydrogen) atoms. The molecule has 96 valence electrons. The number of nitrogens with one attached hydrogen (secondary N) is 1. The van der Waals surface area contributed by atoms with E-state index in [1.165, 1.54) is 6.20 Å². The van der Waals surface area contributed by atoms with E-state index < -0.39 is 12.7 Å². The van der Waals surface area contributed by atoms with Gasteiger partial charge in [0.15, 0.2) is 0 Å². The number of rotatable bonds is 4. The second-order valence-corrected chi connectivity index (χ2v) is 3.84. The molecule has 0 saturated heterocycles. The molecule has 0 aromatic carbocycles. The number of carbonyl (C=O) groups is 1. The van der Waals surface area contributed by atoms with Gasteiger partial charge in [0.2, 0.25) is 5.91 Å². The number of nitrogens with zero attached hydrogens (tertiary/aromatic N) is 2. The zero-order valence-corrected chi connectivity index (χ0v) is 9.58. The summed E-state index contributed by atoms with van der Waals surface area (Å²) in [6.45, 7) is 2.44. The van der Waals surface area contributed by atoms with Crippen molar-refractivity contribution in [3.05, 3.63) is 12.4 Å². The third-order valence-corrected chi connectivity index (χ3v) is 2.30. The fraction of sp³-hybridized carbons (Fsp3) is 0.600. The molecule has 0 fully saturated rings. The van der Waals surface area contributed by atoms with Crippen LogP contribution in [0, 0.1) is 5.92 Å². The van der Waals surface area contributed by atoms with Gasteiger partial charge < -0.3 is 5.32 Å². The van der Waals surface area contributed by atoms with Crippen LogP contribution in [0.5, 0.6) is 0 Å². The van der Waals surface area contributed by atoms with Crippen molar-refractivity contribution in [1.29, 1.82) is 0 Å². The largest absolute Gasteiger partial charge is 0.408 e. The van der Waals surface area contributed by atoms with Crippen molar-refractivity contribution < 1.29 is 18.0 Å². The van der Waals surface area contributed by atoms with Crippen molar-refractivity contribution in [3.8, 4) is 0 Å². The molecule has 1 aromatic rings. The van der Waals surface area contributed by atoms with E-state index in [0.29, 0.717) is 6.42 Å². The zero-order valence-electron chi connectivity index (χ0n) is 9.58. The first kappa shape index (κ1) is 13.5. The molecule has 1 rings (SSSR count). The van der Waals surface area contributed by atoms with Crippen LogP contribution < -0.4 is 5.32 Å². The number of amides is 1. The highest BCUT2D eigenvalue weighted by Gasteiger charge is 2.28. The van der Waals surface area contributed by atoms with Gasteiger partial charge in [-0.3, -0.25) is 9.48 Å². The number of alkyl halides is 3. The molecule has 0 aliphatic carbocycles. The Kier molecular flexibility index (Phi) is 4.14. The van der Waals surface area contributed by atoms with Crippen LogP contribution in [-0.4, -0.2) is 21.9 Å². The molecule has 0 radical (unpaired) electrons. The molecule has 1 N–H and O–H groups in total. The minimum Gasteiger partial charge on any atom is -0.323 e. The second kappa shape index (κ2) is 5.20. The molecule has 1 amide bonds. The van der Waals surface area contributed by atoms with Gasteiger partial charge in [-0.2, -0.15) is 18.3 Å². The molecular formula is C10H14F3N3O. The molecule has 0 aliphatic rings. The van der Waals surface area contributed by atoms with Crippen LogP contribution in [0.1, 0.15) is 20.3 Å². The Bertz CT molecular complexity index is 386. The molecule has 0 saturated carbocycles. The monoisotopic (exact) mass is 249 g/mol. The summed E-state index contributed by atoms with van der Waals surface area (Å²) in [5.74, 6) is -0.403. The summed E-state index contributed by atoms with van der Waals surface area (Å²) in [6, 6.07) is 0. The van der Waals surface area contributed by atoms with Crippen molar-refractivity contribution in [2.24, 2.45) is 5.92 Å². The number of anilines is 1. The third-order valence-electron chi connectivity index (χ3n) is 2.30. The van der Waals surface area contributed by atoms with Gasteiger partial charge in [0.25, 0.3) is 0 Å². The van der Waals surface area contributed by atoms with Crippen molar-refractivity contribution in [2.45, 2.75) is 33.0 Å². The summed E-state index contributed by atoms with van der Waals surface area (Å²) < 4.78 is 36.9. The normalized spacial score (nSPS) is 13.5. The van der Waals surface area contributed by atoms with E-state index in [1.54, 1.807) is 6.92 Å². The fourth-order valence-electron chi connectivity index (χ4n) is 1.15. The van der Waals surface area contributed by atoms with Crippen molar-refractivity contribution in [3.63, 3.8) is 0 Å². The van der Waals surface area contributed by atoms with Crippen LogP contribution in [0.4, 0.5) is 18.9 Å². The molecule has 0 bridgehead atoms. The minimum absolute atomic E-state index is 0.180.